The van der Waals surface area contributed by atoms with Gasteiger partial charge in [-0.05, 0) is 24.3 Å². The van der Waals surface area contributed by atoms with Gasteiger partial charge in [0.2, 0.25) is 11.8 Å². The Morgan fingerprint density at radius 2 is 2.00 bits per heavy atom. The second kappa shape index (κ2) is 7.75. The number of aliphatic hydroxyl groups is 1. The smallest absolute Gasteiger partial charge is 0.248 e. The number of rotatable bonds is 7. The molecule has 0 saturated heterocycles. The number of aliphatic hydroxyl groups excluding tert-OH is 1. The van der Waals surface area contributed by atoms with E-state index in [9.17, 15) is 14.0 Å². The van der Waals surface area contributed by atoms with E-state index < -0.39 is 12.0 Å². The summed E-state index contributed by atoms with van der Waals surface area (Å²) in [6.45, 7) is -0.185. The maximum Gasteiger partial charge on any atom is 0.248 e. The quantitative estimate of drug-likeness (QED) is 0.627. The molecule has 0 heterocycles. The summed E-state index contributed by atoms with van der Waals surface area (Å²) in [5.41, 5.74) is 4.84. The number of amides is 2. The summed E-state index contributed by atoms with van der Waals surface area (Å²) < 4.78 is 12.6. The first-order valence-corrected chi connectivity index (χ1v) is 6.60. The van der Waals surface area contributed by atoms with Crippen LogP contribution in [0.25, 0.3) is 0 Å². The lowest BCUT2D eigenvalue weighted by Crippen LogP contribution is -2.40. The number of hydrogen-bond acceptors (Lipinski definition) is 4. The average Bonchev–Trinajstić information content (AvgIpc) is 2.38. The molecule has 0 aromatic heterocycles. The molecule has 0 fully saturated rings. The van der Waals surface area contributed by atoms with Gasteiger partial charge in [-0.25, -0.2) is 4.39 Å². The molecule has 1 rings (SSSR count). The Kier molecular flexibility index (Phi) is 6.31. The summed E-state index contributed by atoms with van der Waals surface area (Å²) in [5, 5.41) is 11.5. The molecular formula is C12H15FN2O3S. The fourth-order valence-corrected chi connectivity index (χ4v) is 2.04. The van der Waals surface area contributed by atoms with Crippen molar-refractivity contribution in [1.29, 1.82) is 0 Å². The fourth-order valence-electron chi connectivity index (χ4n) is 1.19. The lowest BCUT2D eigenvalue weighted by molar-refractivity contribution is -0.126. The third kappa shape index (κ3) is 6.21. The normalized spacial score (nSPS) is 11.9. The van der Waals surface area contributed by atoms with Gasteiger partial charge in [0.25, 0.3) is 0 Å². The van der Waals surface area contributed by atoms with E-state index in [0.717, 1.165) is 4.90 Å². The van der Waals surface area contributed by atoms with Gasteiger partial charge < -0.3 is 16.2 Å². The van der Waals surface area contributed by atoms with Crippen LogP contribution in [0.4, 0.5) is 4.39 Å². The molecule has 19 heavy (non-hydrogen) atoms. The lowest BCUT2D eigenvalue weighted by atomic mass is 10.3. The number of hydrogen-bond donors (Lipinski definition) is 3. The Morgan fingerprint density at radius 1 is 1.37 bits per heavy atom. The second-order valence-corrected chi connectivity index (χ2v) is 4.94. The monoisotopic (exact) mass is 286 g/mol. The number of carbonyl (C=O) groups is 2. The highest BCUT2D eigenvalue weighted by atomic mass is 32.2. The van der Waals surface area contributed by atoms with Crippen LogP contribution in [-0.2, 0) is 9.59 Å². The Hall–Kier alpha value is -1.60. The summed E-state index contributed by atoms with van der Waals surface area (Å²) in [6.07, 6.45) is -1.14. The number of thioether (sulfide) groups is 1. The highest BCUT2D eigenvalue weighted by Crippen LogP contribution is 2.18. The molecule has 0 aliphatic carbocycles. The Balaban J connectivity index is 2.20. The van der Waals surface area contributed by atoms with E-state index in [0.29, 0.717) is 5.75 Å². The van der Waals surface area contributed by atoms with Gasteiger partial charge in [0.15, 0.2) is 0 Å². The number of carbonyl (C=O) groups excluding carboxylic acids is 2. The standard InChI is InChI=1S/C12H15FN2O3S/c13-8-1-3-9(4-2-8)19-6-5-11(17)15-7-10(16)12(14)18/h1-4,10,16H,5-7H2,(H2,14,18)(H,15,17). The van der Waals surface area contributed by atoms with Crippen LogP contribution in [0.5, 0.6) is 0 Å². The van der Waals surface area contributed by atoms with Crippen LogP contribution in [0, 0.1) is 5.82 Å². The molecular weight excluding hydrogens is 271 g/mol. The molecule has 4 N–H and O–H groups in total. The van der Waals surface area contributed by atoms with Gasteiger partial charge in [0, 0.05) is 17.1 Å². The molecule has 0 saturated carbocycles. The van der Waals surface area contributed by atoms with Crippen LogP contribution in [0.1, 0.15) is 6.42 Å². The maximum absolute atomic E-state index is 12.6. The van der Waals surface area contributed by atoms with E-state index in [2.05, 4.69) is 5.32 Å². The van der Waals surface area contributed by atoms with E-state index in [-0.39, 0.29) is 24.7 Å². The molecule has 0 spiro atoms. The molecule has 0 aliphatic heterocycles. The van der Waals surface area contributed by atoms with Crippen LogP contribution in [0.15, 0.2) is 29.2 Å². The summed E-state index contributed by atoms with van der Waals surface area (Å²) in [5.74, 6) is -0.942. The van der Waals surface area contributed by atoms with Crippen LogP contribution in [0.2, 0.25) is 0 Å². The van der Waals surface area contributed by atoms with Crippen molar-refractivity contribution in [2.24, 2.45) is 5.73 Å². The first-order chi connectivity index (χ1) is 8.99. The Bertz CT molecular complexity index is 439. The van der Waals surface area contributed by atoms with Crippen molar-refractivity contribution in [2.75, 3.05) is 12.3 Å². The van der Waals surface area contributed by atoms with Gasteiger partial charge in [-0.3, -0.25) is 9.59 Å². The molecule has 1 unspecified atom stereocenters. The highest BCUT2D eigenvalue weighted by Gasteiger charge is 2.11. The maximum atomic E-state index is 12.6. The zero-order chi connectivity index (χ0) is 14.3. The van der Waals surface area contributed by atoms with Crippen LogP contribution in [-0.4, -0.2) is 35.3 Å². The minimum Gasteiger partial charge on any atom is -0.381 e. The van der Waals surface area contributed by atoms with E-state index in [1.54, 1.807) is 12.1 Å². The zero-order valence-corrected chi connectivity index (χ0v) is 11.0. The lowest BCUT2D eigenvalue weighted by Gasteiger charge is -2.08. The molecule has 0 bridgehead atoms. The largest absolute Gasteiger partial charge is 0.381 e. The minimum absolute atomic E-state index is 0.185. The van der Waals surface area contributed by atoms with E-state index >= 15 is 0 Å². The first-order valence-electron chi connectivity index (χ1n) is 5.61. The molecule has 7 heteroatoms. The average molecular weight is 286 g/mol. The molecule has 1 aromatic carbocycles. The topological polar surface area (TPSA) is 92.4 Å². The van der Waals surface area contributed by atoms with Crippen molar-refractivity contribution >= 4 is 23.6 Å². The molecule has 0 aliphatic rings. The number of benzene rings is 1. The van der Waals surface area contributed by atoms with Gasteiger partial charge >= 0.3 is 0 Å². The SMILES string of the molecule is NC(=O)C(O)CNC(=O)CCSc1ccc(F)cc1. The minimum atomic E-state index is -1.37. The highest BCUT2D eigenvalue weighted by molar-refractivity contribution is 7.99. The summed E-state index contributed by atoms with van der Waals surface area (Å²) in [6, 6.07) is 5.97. The summed E-state index contributed by atoms with van der Waals surface area (Å²) in [7, 11) is 0. The third-order valence-corrected chi connectivity index (χ3v) is 3.25. The van der Waals surface area contributed by atoms with Crippen molar-refractivity contribution < 1.29 is 19.1 Å². The van der Waals surface area contributed by atoms with Crippen molar-refractivity contribution in [2.45, 2.75) is 17.4 Å². The molecule has 1 aromatic rings. The molecule has 1 atom stereocenters. The van der Waals surface area contributed by atoms with Crippen LogP contribution < -0.4 is 11.1 Å². The van der Waals surface area contributed by atoms with Gasteiger partial charge in [-0.15, -0.1) is 11.8 Å². The summed E-state index contributed by atoms with van der Waals surface area (Å²) in [4.78, 5) is 22.8. The predicted octanol–water partition coefficient (Wildman–Crippen LogP) is 0.270. The van der Waals surface area contributed by atoms with Crippen molar-refractivity contribution in [3.05, 3.63) is 30.1 Å². The second-order valence-electron chi connectivity index (χ2n) is 3.77. The third-order valence-electron chi connectivity index (χ3n) is 2.23. The predicted molar refractivity (Wildman–Crippen MR) is 70.0 cm³/mol. The Labute approximate surface area is 114 Å². The van der Waals surface area contributed by atoms with Crippen molar-refractivity contribution in [3.8, 4) is 0 Å². The fraction of sp³-hybridized carbons (Fsp3) is 0.333. The van der Waals surface area contributed by atoms with Crippen LogP contribution in [0.3, 0.4) is 0 Å². The number of primary amides is 1. The van der Waals surface area contributed by atoms with Crippen molar-refractivity contribution in [3.63, 3.8) is 0 Å². The van der Waals surface area contributed by atoms with E-state index in [4.69, 9.17) is 10.8 Å². The van der Waals surface area contributed by atoms with Gasteiger partial charge in [0.1, 0.15) is 11.9 Å². The molecule has 0 radical (unpaired) electrons. The zero-order valence-electron chi connectivity index (χ0n) is 10.1. The van der Waals surface area contributed by atoms with E-state index in [1.165, 1.54) is 23.9 Å². The first kappa shape index (κ1) is 15.5. The van der Waals surface area contributed by atoms with Crippen LogP contribution >= 0.6 is 11.8 Å². The molecule has 104 valence electrons. The molecule has 5 nitrogen and oxygen atoms in total. The molecule has 2 amide bonds. The van der Waals surface area contributed by atoms with Gasteiger partial charge in [-0.2, -0.15) is 0 Å². The van der Waals surface area contributed by atoms with Gasteiger partial charge in [-0.1, -0.05) is 0 Å². The van der Waals surface area contributed by atoms with Crippen molar-refractivity contribution in [1.82, 2.24) is 5.32 Å². The number of halogens is 1. The van der Waals surface area contributed by atoms with E-state index in [1.807, 2.05) is 0 Å². The Morgan fingerprint density at radius 3 is 2.58 bits per heavy atom. The van der Waals surface area contributed by atoms with Gasteiger partial charge in [0.05, 0.1) is 6.54 Å². The summed E-state index contributed by atoms with van der Waals surface area (Å²) >= 11 is 1.42. The number of nitrogens with two attached hydrogens (primary N) is 1. The number of nitrogens with one attached hydrogen (secondary N) is 1.